The highest BCUT2D eigenvalue weighted by Crippen LogP contribution is 2.54. The SMILES string of the molecule is C=CC(c1ccccc1)C1(C#N)[C@@H](c2ccccc2)[C@H](C)N1C. The van der Waals surface area contributed by atoms with Crippen LogP contribution in [0.5, 0.6) is 0 Å². The number of nitrogens with zero attached hydrogens (tertiary/aromatic N) is 2. The zero-order valence-electron chi connectivity index (χ0n) is 13.7. The van der Waals surface area contributed by atoms with Gasteiger partial charge in [0.25, 0.3) is 0 Å². The Morgan fingerprint density at radius 3 is 2.22 bits per heavy atom. The fourth-order valence-electron chi connectivity index (χ4n) is 4.12. The summed E-state index contributed by atoms with van der Waals surface area (Å²) < 4.78 is 0. The molecule has 0 radical (unpaired) electrons. The summed E-state index contributed by atoms with van der Waals surface area (Å²) in [6.07, 6.45) is 1.93. The zero-order chi connectivity index (χ0) is 16.4. The highest BCUT2D eigenvalue weighted by Gasteiger charge is 2.61. The highest BCUT2D eigenvalue weighted by atomic mass is 15.3. The Kier molecular flexibility index (Phi) is 4.07. The smallest absolute Gasteiger partial charge is 0.128 e. The number of hydrogen-bond donors (Lipinski definition) is 0. The van der Waals surface area contributed by atoms with Gasteiger partial charge in [0.2, 0.25) is 0 Å². The van der Waals surface area contributed by atoms with Crippen LogP contribution in [0.25, 0.3) is 0 Å². The van der Waals surface area contributed by atoms with E-state index in [-0.39, 0.29) is 11.8 Å². The van der Waals surface area contributed by atoms with Crippen molar-refractivity contribution in [3.05, 3.63) is 84.4 Å². The van der Waals surface area contributed by atoms with E-state index in [1.807, 2.05) is 49.5 Å². The minimum absolute atomic E-state index is 0.0277. The van der Waals surface area contributed by atoms with Crippen LogP contribution in [0.3, 0.4) is 0 Å². The molecule has 2 aromatic carbocycles. The molecule has 1 aliphatic rings. The average molecular weight is 302 g/mol. The predicted molar refractivity (Wildman–Crippen MR) is 94.1 cm³/mol. The van der Waals surface area contributed by atoms with Gasteiger partial charge in [-0.1, -0.05) is 66.7 Å². The van der Waals surface area contributed by atoms with Gasteiger partial charge in [-0.05, 0) is 25.1 Å². The molecule has 0 bridgehead atoms. The zero-order valence-corrected chi connectivity index (χ0v) is 13.7. The summed E-state index contributed by atoms with van der Waals surface area (Å²) in [6, 6.07) is 23.6. The van der Waals surface area contributed by atoms with Crippen molar-refractivity contribution in [1.29, 1.82) is 5.26 Å². The molecular formula is C21H22N2. The molecule has 2 heteroatoms. The van der Waals surface area contributed by atoms with Crippen molar-refractivity contribution in [3.63, 3.8) is 0 Å². The van der Waals surface area contributed by atoms with Crippen LogP contribution in [-0.2, 0) is 0 Å². The maximum atomic E-state index is 10.2. The van der Waals surface area contributed by atoms with Gasteiger partial charge >= 0.3 is 0 Å². The van der Waals surface area contributed by atoms with E-state index < -0.39 is 5.54 Å². The maximum Gasteiger partial charge on any atom is 0.128 e. The highest BCUT2D eigenvalue weighted by molar-refractivity contribution is 5.45. The Balaban J connectivity index is 2.11. The minimum Gasteiger partial charge on any atom is -0.284 e. The van der Waals surface area contributed by atoms with E-state index in [1.54, 1.807) is 0 Å². The number of likely N-dealkylation sites (N-methyl/N-ethyl adjacent to an activating group) is 1. The van der Waals surface area contributed by atoms with Crippen molar-refractivity contribution in [1.82, 2.24) is 4.90 Å². The summed E-state index contributed by atoms with van der Waals surface area (Å²) in [5, 5.41) is 10.2. The molecule has 2 unspecified atom stereocenters. The van der Waals surface area contributed by atoms with Crippen molar-refractivity contribution in [3.8, 4) is 6.07 Å². The Labute approximate surface area is 138 Å². The summed E-state index contributed by atoms with van der Waals surface area (Å²) in [7, 11) is 2.05. The van der Waals surface area contributed by atoms with Crippen LogP contribution >= 0.6 is 0 Å². The fourth-order valence-corrected chi connectivity index (χ4v) is 4.12. The molecule has 0 amide bonds. The maximum absolute atomic E-state index is 10.2. The van der Waals surface area contributed by atoms with E-state index in [4.69, 9.17) is 0 Å². The number of hydrogen-bond acceptors (Lipinski definition) is 2. The van der Waals surface area contributed by atoms with E-state index in [2.05, 4.69) is 48.7 Å². The number of benzene rings is 2. The number of likely N-dealkylation sites (tertiary alicyclic amines) is 1. The standard InChI is InChI=1S/C21H22N2/c1-4-19(17-11-7-5-8-12-17)21(15-22)20(16(2)23(21)3)18-13-9-6-10-14-18/h4-14,16,19-20H,1H2,2-3H3/t16-,19?,20+,21?/m0/s1. The van der Waals surface area contributed by atoms with E-state index in [0.29, 0.717) is 6.04 Å². The molecule has 116 valence electrons. The second-order valence-corrected chi connectivity index (χ2v) is 6.30. The van der Waals surface area contributed by atoms with Gasteiger partial charge in [0, 0.05) is 17.9 Å². The first-order chi connectivity index (χ1) is 11.2. The van der Waals surface area contributed by atoms with Gasteiger partial charge in [0.05, 0.1) is 6.07 Å². The summed E-state index contributed by atoms with van der Waals surface area (Å²) in [4.78, 5) is 2.20. The van der Waals surface area contributed by atoms with E-state index >= 15 is 0 Å². The van der Waals surface area contributed by atoms with E-state index in [0.717, 1.165) is 5.56 Å². The molecular weight excluding hydrogens is 280 g/mol. The molecule has 3 rings (SSSR count). The molecule has 0 aromatic heterocycles. The molecule has 1 aliphatic heterocycles. The lowest BCUT2D eigenvalue weighted by atomic mass is 9.59. The molecule has 0 saturated carbocycles. The molecule has 1 saturated heterocycles. The van der Waals surface area contributed by atoms with Crippen molar-refractivity contribution in [2.75, 3.05) is 7.05 Å². The minimum atomic E-state index is -0.593. The second-order valence-electron chi connectivity index (χ2n) is 6.30. The van der Waals surface area contributed by atoms with Crippen LogP contribution in [-0.4, -0.2) is 23.5 Å². The third-order valence-electron chi connectivity index (χ3n) is 5.36. The van der Waals surface area contributed by atoms with Crippen LogP contribution in [0.4, 0.5) is 0 Å². The lowest BCUT2D eigenvalue weighted by Crippen LogP contribution is -2.70. The third-order valence-corrected chi connectivity index (χ3v) is 5.36. The normalized spacial score (nSPS) is 28.4. The van der Waals surface area contributed by atoms with Gasteiger partial charge in [-0.15, -0.1) is 6.58 Å². The van der Waals surface area contributed by atoms with Crippen molar-refractivity contribution >= 4 is 0 Å². The second kappa shape index (κ2) is 6.02. The Morgan fingerprint density at radius 2 is 1.70 bits per heavy atom. The predicted octanol–water partition coefficient (Wildman–Crippen LogP) is 4.34. The monoisotopic (exact) mass is 302 g/mol. The van der Waals surface area contributed by atoms with Crippen molar-refractivity contribution < 1.29 is 0 Å². The van der Waals surface area contributed by atoms with Crippen LogP contribution in [0, 0.1) is 11.3 Å². The number of nitriles is 1. The number of rotatable bonds is 4. The van der Waals surface area contributed by atoms with Crippen molar-refractivity contribution in [2.45, 2.75) is 30.3 Å². The first-order valence-electron chi connectivity index (χ1n) is 8.03. The van der Waals surface area contributed by atoms with Crippen LogP contribution in [0.1, 0.15) is 29.9 Å². The molecule has 0 N–H and O–H groups in total. The fraction of sp³-hybridized carbons (Fsp3) is 0.286. The third kappa shape index (κ3) is 2.20. The average Bonchev–Trinajstić information content (AvgIpc) is 2.62. The van der Waals surface area contributed by atoms with E-state index in [1.165, 1.54) is 5.56 Å². The largest absolute Gasteiger partial charge is 0.284 e. The molecule has 0 spiro atoms. The first-order valence-corrected chi connectivity index (χ1v) is 8.03. The van der Waals surface area contributed by atoms with Gasteiger partial charge in [-0.3, -0.25) is 4.90 Å². The van der Waals surface area contributed by atoms with Crippen LogP contribution in [0.2, 0.25) is 0 Å². The van der Waals surface area contributed by atoms with Gasteiger partial charge in [0.15, 0.2) is 0 Å². The summed E-state index contributed by atoms with van der Waals surface area (Å²) >= 11 is 0. The molecule has 2 nitrogen and oxygen atoms in total. The topological polar surface area (TPSA) is 27.0 Å². The molecule has 1 fully saturated rings. The van der Waals surface area contributed by atoms with Gasteiger partial charge in [0.1, 0.15) is 5.54 Å². The Hall–Kier alpha value is -2.37. The van der Waals surface area contributed by atoms with Crippen LogP contribution in [0.15, 0.2) is 73.3 Å². The lowest BCUT2D eigenvalue weighted by molar-refractivity contribution is -0.0413. The Morgan fingerprint density at radius 1 is 1.13 bits per heavy atom. The van der Waals surface area contributed by atoms with E-state index in [9.17, 15) is 5.26 Å². The quantitative estimate of drug-likeness (QED) is 0.786. The van der Waals surface area contributed by atoms with Gasteiger partial charge in [-0.2, -0.15) is 5.26 Å². The molecule has 2 aromatic rings. The molecule has 23 heavy (non-hydrogen) atoms. The molecule has 4 atom stereocenters. The summed E-state index contributed by atoms with van der Waals surface area (Å²) in [5.74, 6) is 0.141. The first kappa shape index (κ1) is 15.5. The molecule has 0 aliphatic carbocycles. The lowest BCUT2D eigenvalue weighted by Gasteiger charge is -2.61. The Bertz CT molecular complexity index is 717. The van der Waals surface area contributed by atoms with Crippen molar-refractivity contribution in [2.24, 2.45) is 0 Å². The van der Waals surface area contributed by atoms with Crippen LogP contribution < -0.4 is 0 Å². The van der Waals surface area contributed by atoms with Gasteiger partial charge in [-0.25, -0.2) is 0 Å². The molecule has 1 heterocycles. The van der Waals surface area contributed by atoms with Gasteiger partial charge < -0.3 is 0 Å². The summed E-state index contributed by atoms with van der Waals surface area (Å²) in [5.41, 5.74) is 1.77. The summed E-state index contributed by atoms with van der Waals surface area (Å²) in [6.45, 7) is 6.24.